The highest BCUT2D eigenvalue weighted by atomic mass is 19.2. The van der Waals surface area contributed by atoms with Gasteiger partial charge in [-0.15, -0.1) is 0 Å². The fourth-order valence-electron chi connectivity index (χ4n) is 1.45. The van der Waals surface area contributed by atoms with Crippen LogP contribution < -0.4 is 5.32 Å². The second-order valence-electron chi connectivity index (χ2n) is 3.70. The maximum atomic E-state index is 13.3. The monoisotopic (exact) mass is 273 g/mol. The summed E-state index contributed by atoms with van der Waals surface area (Å²) in [5.74, 6) is -3.77. The molecular weight excluding hydrogens is 259 g/mol. The van der Waals surface area contributed by atoms with Gasteiger partial charge in [-0.3, -0.25) is 0 Å². The van der Waals surface area contributed by atoms with Gasteiger partial charge in [0.05, 0.1) is 12.8 Å². The number of esters is 1. The van der Waals surface area contributed by atoms with E-state index in [0.717, 1.165) is 6.07 Å². The van der Waals surface area contributed by atoms with Crippen LogP contribution in [0.3, 0.4) is 0 Å². The number of halogens is 3. The average Bonchev–Trinajstić information content (AvgIpc) is 2.39. The standard InChI is InChI=1S/C13H14F3NO2/c1-3-8(13(18)19-2)4-5-17-12-7-10(15)9(14)6-11(12)16/h4,6-7,17H,3,5H2,1-2H3/b8-4-. The lowest BCUT2D eigenvalue weighted by Gasteiger charge is -2.07. The molecule has 0 aliphatic carbocycles. The van der Waals surface area contributed by atoms with Gasteiger partial charge in [0.25, 0.3) is 0 Å². The van der Waals surface area contributed by atoms with Crippen LogP contribution >= 0.6 is 0 Å². The van der Waals surface area contributed by atoms with Gasteiger partial charge < -0.3 is 10.1 Å². The predicted molar refractivity (Wildman–Crippen MR) is 65.2 cm³/mol. The van der Waals surface area contributed by atoms with Crippen molar-refractivity contribution in [3.63, 3.8) is 0 Å². The zero-order valence-electron chi connectivity index (χ0n) is 10.6. The van der Waals surface area contributed by atoms with Crippen LogP contribution in [0.5, 0.6) is 0 Å². The van der Waals surface area contributed by atoms with Crippen molar-refractivity contribution in [2.45, 2.75) is 13.3 Å². The minimum atomic E-state index is -1.25. The first-order chi connectivity index (χ1) is 8.99. The molecule has 0 radical (unpaired) electrons. The highest BCUT2D eigenvalue weighted by Gasteiger charge is 2.10. The highest BCUT2D eigenvalue weighted by Crippen LogP contribution is 2.18. The van der Waals surface area contributed by atoms with E-state index in [4.69, 9.17) is 0 Å². The van der Waals surface area contributed by atoms with Crippen LogP contribution in [-0.4, -0.2) is 19.6 Å². The molecule has 0 aromatic heterocycles. The van der Waals surface area contributed by atoms with Crippen molar-refractivity contribution in [2.24, 2.45) is 0 Å². The highest BCUT2D eigenvalue weighted by molar-refractivity contribution is 5.88. The Kier molecular flexibility index (Phi) is 5.41. The van der Waals surface area contributed by atoms with Gasteiger partial charge in [0, 0.05) is 24.3 Å². The average molecular weight is 273 g/mol. The van der Waals surface area contributed by atoms with E-state index in [0.29, 0.717) is 18.1 Å². The zero-order chi connectivity index (χ0) is 14.4. The Bertz CT molecular complexity index is 501. The third-order valence-electron chi connectivity index (χ3n) is 2.48. The van der Waals surface area contributed by atoms with Crippen molar-refractivity contribution < 1.29 is 22.7 Å². The topological polar surface area (TPSA) is 38.3 Å². The van der Waals surface area contributed by atoms with Crippen LogP contribution in [0.15, 0.2) is 23.8 Å². The van der Waals surface area contributed by atoms with Crippen molar-refractivity contribution in [3.05, 3.63) is 41.2 Å². The summed E-state index contributed by atoms with van der Waals surface area (Å²) in [7, 11) is 1.26. The van der Waals surface area contributed by atoms with Crippen molar-refractivity contribution in [3.8, 4) is 0 Å². The molecule has 19 heavy (non-hydrogen) atoms. The molecular formula is C13H14F3NO2. The third-order valence-corrected chi connectivity index (χ3v) is 2.48. The summed E-state index contributed by atoms with van der Waals surface area (Å²) in [6.45, 7) is 1.86. The molecule has 6 heteroatoms. The number of anilines is 1. The molecule has 0 atom stereocenters. The molecule has 3 nitrogen and oxygen atoms in total. The second-order valence-corrected chi connectivity index (χ2v) is 3.70. The van der Waals surface area contributed by atoms with Gasteiger partial charge in [-0.25, -0.2) is 18.0 Å². The van der Waals surface area contributed by atoms with E-state index in [1.54, 1.807) is 6.92 Å². The number of ether oxygens (including phenoxy) is 1. The van der Waals surface area contributed by atoms with Crippen LogP contribution in [0.2, 0.25) is 0 Å². The fourth-order valence-corrected chi connectivity index (χ4v) is 1.45. The molecule has 0 heterocycles. The number of nitrogens with one attached hydrogen (secondary N) is 1. The van der Waals surface area contributed by atoms with E-state index in [1.807, 2.05) is 0 Å². The first-order valence-corrected chi connectivity index (χ1v) is 5.65. The minimum absolute atomic E-state index is 0.0975. The Morgan fingerprint density at radius 1 is 1.26 bits per heavy atom. The number of carbonyl (C=O) groups excluding carboxylic acids is 1. The Balaban J connectivity index is 2.74. The number of carbonyl (C=O) groups is 1. The number of rotatable bonds is 5. The molecule has 0 spiro atoms. The van der Waals surface area contributed by atoms with Crippen molar-refractivity contribution in [1.82, 2.24) is 0 Å². The lowest BCUT2D eigenvalue weighted by atomic mass is 10.2. The normalized spacial score (nSPS) is 11.3. The summed E-state index contributed by atoms with van der Waals surface area (Å²) < 4.78 is 43.4. The molecule has 0 amide bonds. The Morgan fingerprint density at radius 2 is 1.89 bits per heavy atom. The van der Waals surface area contributed by atoms with E-state index in [-0.39, 0.29) is 12.2 Å². The quantitative estimate of drug-likeness (QED) is 0.509. The van der Waals surface area contributed by atoms with E-state index in [2.05, 4.69) is 10.1 Å². The maximum absolute atomic E-state index is 13.3. The predicted octanol–water partition coefficient (Wildman–Crippen LogP) is 3.03. The van der Waals surface area contributed by atoms with Crippen molar-refractivity contribution in [2.75, 3.05) is 19.0 Å². The van der Waals surface area contributed by atoms with Crippen LogP contribution in [0.1, 0.15) is 13.3 Å². The zero-order valence-corrected chi connectivity index (χ0v) is 10.6. The van der Waals surface area contributed by atoms with Gasteiger partial charge in [-0.2, -0.15) is 0 Å². The molecule has 0 saturated carbocycles. The van der Waals surface area contributed by atoms with Gasteiger partial charge in [0.15, 0.2) is 11.6 Å². The summed E-state index contributed by atoms with van der Waals surface area (Å²) in [5.41, 5.74) is 0.244. The number of methoxy groups -OCH3 is 1. The molecule has 104 valence electrons. The minimum Gasteiger partial charge on any atom is -0.466 e. The molecule has 1 N–H and O–H groups in total. The van der Waals surface area contributed by atoms with Crippen LogP contribution in [0, 0.1) is 17.5 Å². The molecule has 0 bridgehead atoms. The summed E-state index contributed by atoms with van der Waals surface area (Å²) in [4.78, 5) is 11.2. The van der Waals surface area contributed by atoms with Gasteiger partial charge >= 0.3 is 5.97 Å². The molecule has 1 rings (SSSR count). The Morgan fingerprint density at radius 3 is 2.47 bits per heavy atom. The molecule has 0 fully saturated rings. The molecule has 0 unspecified atom stereocenters. The Labute approximate surface area is 109 Å². The smallest absolute Gasteiger partial charge is 0.333 e. The first kappa shape index (κ1) is 15.1. The lowest BCUT2D eigenvalue weighted by Crippen LogP contribution is -2.08. The van der Waals surface area contributed by atoms with Crippen LogP contribution in [-0.2, 0) is 9.53 Å². The van der Waals surface area contributed by atoms with E-state index in [9.17, 15) is 18.0 Å². The number of benzene rings is 1. The number of hydrogen-bond donors (Lipinski definition) is 1. The van der Waals surface area contributed by atoms with E-state index in [1.165, 1.54) is 13.2 Å². The third kappa shape index (κ3) is 4.01. The van der Waals surface area contributed by atoms with Gasteiger partial charge in [0.2, 0.25) is 0 Å². The van der Waals surface area contributed by atoms with E-state index < -0.39 is 23.4 Å². The summed E-state index contributed by atoms with van der Waals surface area (Å²) >= 11 is 0. The van der Waals surface area contributed by atoms with Crippen LogP contribution in [0.4, 0.5) is 18.9 Å². The van der Waals surface area contributed by atoms with Gasteiger partial charge in [-0.05, 0) is 6.42 Å². The maximum Gasteiger partial charge on any atom is 0.333 e. The van der Waals surface area contributed by atoms with Crippen molar-refractivity contribution in [1.29, 1.82) is 0 Å². The van der Waals surface area contributed by atoms with Crippen LogP contribution in [0.25, 0.3) is 0 Å². The largest absolute Gasteiger partial charge is 0.466 e. The SMILES string of the molecule is CC/C(=C/CNc1cc(F)c(F)cc1F)C(=O)OC. The lowest BCUT2D eigenvalue weighted by molar-refractivity contribution is -0.136. The van der Waals surface area contributed by atoms with Gasteiger partial charge in [0.1, 0.15) is 5.82 Å². The summed E-state index contributed by atoms with van der Waals surface area (Å²) in [5, 5.41) is 2.56. The fraction of sp³-hybridized carbons (Fsp3) is 0.308. The molecule has 0 aliphatic heterocycles. The van der Waals surface area contributed by atoms with E-state index >= 15 is 0 Å². The summed E-state index contributed by atoms with van der Waals surface area (Å²) in [6.07, 6.45) is 1.96. The molecule has 1 aromatic carbocycles. The molecule has 1 aromatic rings. The number of hydrogen-bond acceptors (Lipinski definition) is 3. The second kappa shape index (κ2) is 6.82. The Hall–Kier alpha value is -1.98. The molecule has 0 aliphatic rings. The summed E-state index contributed by atoms with van der Waals surface area (Å²) in [6, 6.07) is 1.19. The molecule has 0 saturated heterocycles. The van der Waals surface area contributed by atoms with Gasteiger partial charge in [-0.1, -0.05) is 13.0 Å². The first-order valence-electron chi connectivity index (χ1n) is 5.65. The van der Waals surface area contributed by atoms with Crippen molar-refractivity contribution >= 4 is 11.7 Å².